The van der Waals surface area contributed by atoms with Crippen LogP contribution in [0, 0.1) is 6.92 Å². The van der Waals surface area contributed by atoms with Gasteiger partial charge in [0, 0.05) is 17.5 Å². The zero-order chi connectivity index (χ0) is 13.9. The monoisotopic (exact) mass is 288 g/mol. The maximum atomic E-state index is 5.53. The summed E-state index contributed by atoms with van der Waals surface area (Å²) in [4.78, 5) is 5.70. The van der Waals surface area contributed by atoms with Crippen molar-refractivity contribution in [3.05, 3.63) is 45.4 Å². The first-order valence-corrected chi connectivity index (χ1v) is 7.94. The zero-order valence-corrected chi connectivity index (χ0v) is 12.8. The quantitative estimate of drug-likeness (QED) is 0.917. The summed E-state index contributed by atoms with van der Waals surface area (Å²) in [5.74, 6) is 1.06. The van der Waals surface area contributed by atoms with E-state index in [0.717, 1.165) is 31.7 Å². The smallest absolute Gasteiger partial charge is 0.122 e. The molecule has 0 aliphatic carbocycles. The molecule has 0 radical (unpaired) electrons. The minimum Gasteiger partial charge on any atom is -0.493 e. The molecule has 0 saturated heterocycles. The lowest BCUT2D eigenvalue weighted by atomic mass is 10.1. The lowest BCUT2D eigenvalue weighted by molar-refractivity contribution is 0.357. The van der Waals surface area contributed by atoms with Crippen molar-refractivity contribution in [3.63, 3.8) is 0 Å². The van der Waals surface area contributed by atoms with Crippen LogP contribution in [0.4, 0.5) is 0 Å². The first kappa shape index (κ1) is 13.6. The topological polar surface area (TPSA) is 34.2 Å². The molecule has 106 valence electrons. The molecule has 3 nitrogen and oxygen atoms in total. The Morgan fingerprint density at radius 2 is 2.35 bits per heavy atom. The van der Waals surface area contributed by atoms with E-state index in [2.05, 4.69) is 42.3 Å². The molecular weight excluding hydrogens is 268 g/mol. The number of hydrogen-bond acceptors (Lipinski definition) is 4. The number of aromatic nitrogens is 1. The van der Waals surface area contributed by atoms with Gasteiger partial charge in [-0.2, -0.15) is 0 Å². The average molecular weight is 288 g/mol. The minimum atomic E-state index is 0.325. The van der Waals surface area contributed by atoms with Crippen molar-refractivity contribution in [2.45, 2.75) is 32.7 Å². The van der Waals surface area contributed by atoms with Gasteiger partial charge in [0.25, 0.3) is 0 Å². The fraction of sp³-hybridized carbons (Fsp3) is 0.438. The number of benzene rings is 1. The van der Waals surface area contributed by atoms with Gasteiger partial charge in [0.15, 0.2) is 0 Å². The summed E-state index contributed by atoms with van der Waals surface area (Å²) >= 11 is 1.77. The molecule has 1 atom stereocenters. The highest BCUT2D eigenvalue weighted by Gasteiger charge is 2.12. The van der Waals surface area contributed by atoms with Gasteiger partial charge in [-0.1, -0.05) is 12.1 Å². The molecule has 20 heavy (non-hydrogen) atoms. The number of nitrogens with zero attached hydrogens (tertiary/aromatic N) is 1. The van der Waals surface area contributed by atoms with E-state index in [4.69, 9.17) is 4.74 Å². The van der Waals surface area contributed by atoms with Crippen LogP contribution in [-0.4, -0.2) is 18.1 Å². The highest BCUT2D eigenvalue weighted by molar-refractivity contribution is 7.11. The number of hydrogen-bond donors (Lipinski definition) is 1. The van der Waals surface area contributed by atoms with Crippen molar-refractivity contribution in [1.29, 1.82) is 0 Å². The van der Waals surface area contributed by atoms with Gasteiger partial charge in [-0.3, -0.25) is 0 Å². The van der Waals surface area contributed by atoms with Gasteiger partial charge in [0.2, 0.25) is 0 Å². The molecule has 0 fully saturated rings. The Balaban J connectivity index is 1.52. The maximum Gasteiger partial charge on any atom is 0.122 e. The Morgan fingerprint density at radius 3 is 3.15 bits per heavy atom. The van der Waals surface area contributed by atoms with E-state index in [0.29, 0.717) is 6.04 Å². The van der Waals surface area contributed by atoms with Crippen LogP contribution in [0.1, 0.15) is 34.0 Å². The molecule has 1 aliphatic rings. The second-order valence-corrected chi connectivity index (χ2v) is 6.54. The highest BCUT2D eigenvalue weighted by atomic mass is 32.1. The molecule has 3 rings (SSSR count). The van der Waals surface area contributed by atoms with Crippen LogP contribution in [0.5, 0.6) is 5.75 Å². The maximum absolute atomic E-state index is 5.53. The van der Waals surface area contributed by atoms with Gasteiger partial charge in [-0.05, 0) is 44.0 Å². The van der Waals surface area contributed by atoms with Gasteiger partial charge < -0.3 is 10.1 Å². The number of fused-ring (bicyclic) bond motifs is 1. The van der Waals surface area contributed by atoms with Crippen LogP contribution in [0.3, 0.4) is 0 Å². The molecule has 1 unspecified atom stereocenters. The first-order chi connectivity index (χ1) is 9.72. The number of aryl methyl sites for hydroxylation is 1. The lowest BCUT2D eigenvalue weighted by Gasteiger charge is -2.11. The Hall–Kier alpha value is -1.39. The Morgan fingerprint density at radius 1 is 1.45 bits per heavy atom. The van der Waals surface area contributed by atoms with E-state index < -0.39 is 0 Å². The van der Waals surface area contributed by atoms with E-state index in [1.807, 2.05) is 6.20 Å². The molecule has 0 spiro atoms. The molecule has 1 N–H and O–H groups in total. The summed E-state index contributed by atoms with van der Waals surface area (Å²) in [6, 6.07) is 6.88. The molecule has 1 aliphatic heterocycles. The molecular formula is C16H20N2OS. The Kier molecular flexibility index (Phi) is 4.03. The van der Waals surface area contributed by atoms with Crippen molar-refractivity contribution in [3.8, 4) is 5.75 Å². The highest BCUT2D eigenvalue weighted by Crippen LogP contribution is 2.26. The summed E-state index contributed by atoms with van der Waals surface area (Å²) < 4.78 is 5.53. The zero-order valence-electron chi connectivity index (χ0n) is 12.0. The fourth-order valence-electron chi connectivity index (χ4n) is 2.49. The molecule has 0 bridgehead atoms. The lowest BCUT2D eigenvalue weighted by Crippen LogP contribution is -2.21. The van der Waals surface area contributed by atoms with Crippen molar-refractivity contribution in [2.24, 2.45) is 0 Å². The Bertz CT molecular complexity index is 594. The van der Waals surface area contributed by atoms with Crippen molar-refractivity contribution in [2.75, 3.05) is 13.2 Å². The number of ether oxygens (including phenoxy) is 1. The third-order valence-corrected chi connectivity index (χ3v) is 4.72. The standard InChI is InChI=1S/C16H20N2OS/c1-11-10-18-16(20-11)12(2)17-7-5-13-3-4-15-14(9-13)6-8-19-15/h3-4,9-10,12,17H,5-8H2,1-2H3. The van der Waals surface area contributed by atoms with E-state index in [1.165, 1.54) is 21.0 Å². The van der Waals surface area contributed by atoms with Gasteiger partial charge in [0.05, 0.1) is 12.6 Å². The molecule has 1 aromatic carbocycles. The summed E-state index contributed by atoms with van der Waals surface area (Å²) in [5, 5.41) is 4.72. The summed E-state index contributed by atoms with van der Waals surface area (Å²) in [7, 11) is 0. The second kappa shape index (κ2) is 5.94. The number of nitrogens with one attached hydrogen (secondary N) is 1. The minimum absolute atomic E-state index is 0.325. The van der Waals surface area contributed by atoms with Crippen molar-refractivity contribution < 1.29 is 4.74 Å². The van der Waals surface area contributed by atoms with Crippen LogP contribution in [0.2, 0.25) is 0 Å². The van der Waals surface area contributed by atoms with Gasteiger partial charge in [-0.15, -0.1) is 11.3 Å². The summed E-state index contributed by atoms with van der Waals surface area (Å²) in [5.41, 5.74) is 2.73. The van der Waals surface area contributed by atoms with Crippen LogP contribution in [-0.2, 0) is 12.8 Å². The first-order valence-electron chi connectivity index (χ1n) is 7.12. The van der Waals surface area contributed by atoms with Crippen LogP contribution >= 0.6 is 11.3 Å². The summed E-state index contributed by atoms with van der Waals surface area (Å²) in [6.07, 6.45) is 4.03. The van der Waals surface area contributed by atoms with Gasteiger partial charge in [0.1, 0.15) is 10.8 Å². The number of rotatable bonds is 5. The molecule has 4 heteroatoms. The van der Waals surface area contributed by atoms with E-state index in [-0.39, 0.29) is 0 Å². The second-order valence-electron chi connectivity index (χ2n) is 5.28. The third-order valence-electron chi connectivity index (χ3n) is 3.63. The predicted molar refractivity (Wildman–Crippen MR) is 82.6 cm³/mol. The molecule has 1 aromatic heterocycles. The molecule has 0 saturated carbocycles. The largest absolute Gasteiger partial charge is 0.493 e. The molecule has 2 aromatic rings. The number of thiazole rings is 1. The van der Waals surface area contributed by atoms with Crippen molar-refractivity contribution in [1.82, 2.24) is 10.3 Å². The van der Waals surface area contributed by atoms with E-state index >= 15 is 0 Å². The SMILES string of the molecule is Cc1cnc(C(C)NCCc2ccc3c(c2)CCO3)s1. The van der Waals surface area contributed by atoms with Gasteiger partial charge >= 0.3 is 0 Å². The fourth-order valence-corrected chi connectivity index (χ4v) is 3.29. The Labute approximate surface area is 124 Å². The third kappa shape index (κ3) is 3.02. The average Bonchev–Trinajstić information content (AvgIpc) is 3.06. The van der Waals surface area contributed by atoms with E-state index in [9.17, 15) is 0 Å². The van der Waals surface area contributed by atoms with Crippen molar-refractivity contribution >= 4 is 11.3 Å². The van der Waals surface area contributed by atoms with Crippen LogP contribution in [0.25, 0.3) is 0 Å². The van der Waals surface area contributed by atoms with E-state index in [1.54, 1.807) is 11.3 Å². The van der Waals surface area contributed by atoms with Crippen LogP contribution < -0.4 is 10.1 Å². The van der Waals surface area contributed by atoms with Crippen LogP contribution in [0.15, 0.2) is 24.4 Å². The molecule has 0 amide bonds. The predicted octanol–water partition coefficient (Wildman–Crippen LogP) is 3.28. The summed E-state index contributed by atoms with van der Waals surface area (Å²) in [6.45, 7) is 6.08. The van der Waals surface area contributed by atoms with Gasteiger partial charge in [-0.25, -0.2) is 4.98 Å². The normalized spacial score (nSPS) is 14.9. The molecule has 2 heterocycles.